The summed E-state index contributed by atoms with van der Waals surface area (Å²) < 4.78 is 64.4. The Bertz CT molecular complexity index is 754. The molecule has 1 aliphatic rings. The summed E-state index contributed by atoms with van der Waals surface area (Å²) in [6.45, 7) is 3.51. The SMILES string of the molecule is CCS(=O)(=O)N1CCN(S(=O)(=O)c2ccc(F)c(C)c2)CC1. The van der Waals surface area contributed by atoms with E-state index in [-0.39, 0.29) is 42.4 Å². The van der Waals surface area contributed by atoms with Crippen LogP contribution in [0.25, 0.3) is 0 Å². The Balaban J connectivity index is 2.18. The summed E-state index contributed by atoms with van der Waals surface area (Å²) in [6.07, 6.45) is 0. The van der Waals surface area contributed by atoms with E-state index in [1.54, 1.807) is 6.92 Å². The van der Waals surface area contributed by atoms with Crippen LogP contribution in [-0.2, 0) is 20.0 Å². The number of benzene rings is 1. The van der Waals surface area contributed by atoms with Crippen LogP contribution in [-0.4, -0.2) is 57.4 Å². The largest absolute Gasteiger partial charge is 0.243 e. The first-order chi connectivity index (χ1) is 10.2. The molecule has 1 saturated heterocycles. The van der Waals surface area contributed by atoms with Crippen LogP contribution in [0.2, 0.25) is 0 Å². The Labute approximate surface area is 130 Å². The minimum absolute atomic E-state index is 0.00307. The molecule has 1 aromatic rings. The van der Waals surface area contributed by atoms with Gasteiger partial charge in [0.05, 0.1) is 10.6 Å². The van der Waals surface area contributed by atoms with Gasteiger partial charge in [0.2, 0.25) is 20.0 Å². The first kappa shape index (κ1) is 17.3. The predicted octanol–water partition coefficient (Wildman–Crippen LogP) is 0.790. The Kier molecular flexibility index (Phi) is 4.90. The van der Waals surface area contributed by atoms with Crippen LogP contribution in [0.1, 0.15) is 12.5 Å². The Morgan fingerprint density at radius 1 is 1.05 bits per heavy atom. The fraction of sp³-hybridized carbons (Fsp3) is 0.538. The zero-order chi connectivity index (χ0) is 16.5. The van der Waals surface area contributed by atoms with Crippen molar-refractivity contribution in [2.75, 3.05) is 31.9 Å². The summed E-state index contributed by atoms with van der Waals surface area (Å²) in [5.74, 6) is -0.463. The Hall–Kier alpha value is -1.03. The maximum absolute atomic E-state index is 13.3. The molecule has 9 heteroatoms. The van der Waals surface area contributed by atoms with E-state index in [9.17, 15) is 21.2 Å². The number of sulfonamides is 2. The number of halogens is 1. The lowest BCUT2D eigenvalue weighted by Gasteiger charge is -2.33. The summed E-state index contributed by atoms with van der Waals surface area (Å²) in [6, 6.07) is 3.65. The van der Waals surface area contributed by atoms with Gasteiger partial charge in [-0.1, -0.05) is 0 Å². The highest BCUT2D eigenvalue weighted by Crippen LogP contribution is 2.21. The minimum Gasteiger partial charge on any atom is -0.212 e. The molecule has 0 aliphatic carbocycles. The van der Waals surface area contributed by atoms with Crippen LogP contribution >= 0.6 is 0 Å². The van der Waals surface area contributed by atoms with E-state index in [1.807, 2.05) is 0 Å². The molecule has 1 fully saturated rings. The Morgan fingerprint density at radius 2 is 1.59 bits per heavy atom. The molecule has 0 radical (unpaired) electrons. The molecular formula is C13H19FN2O4S2. The third-order valence-corrected chi connectivity index (χ3v) is 7.50. The number of rotatable bonds is 4. The van der Waals surface area contributed by atoms with Gasteiger partial charge in [-0.3, -0.25) is 0 Å². The van der Waals surface area contributed by atoms with Gasteiger partial charge in [-0.05, 0) is 37.6 Å². The third kappa shape index (κ3) is 3.32. The van der Waals surface area contributed by atoms with E-state index in [0.29, 0.717) is 0 Å². The van der Waals surface area contributed by atoms with Gasteiger partial charge in [-0.25, -0.2) is 21.2 Å². The van der Waals surface area contributed by atoms with Crippen molar-refractivity contribution in [3.8, 4) is 0 Å². The van der Waals surface area contributed by atoms with Crippen LogP contribution in [0.4, 0.5) is 4.39 Å². The maximum atomic E-state index is 13.3. The molecule has 0 aromatic heterocycles. The summed E-state index contributed by atoms with van der Waals surface area (Å²) >= 11 is 0. The molecule has 1 aromatic carbocycles. The normalized spacial score (nSPS) is 18.5. The molecule has 2 rings (SSSR count). The van der Waals surface area contributed by atoms with Crippen molar-refractivity contribution in [2.24, 2.45) is 0 Å². The van der Waals surface area contributed by atoms with Gasteiger partial charge >= 0.3 is 0 Å². The van der Waals surface area contributed by atoms with Gasteiger partial charge in [0.15, 0.2) is 0 Å². The van der Waals surface area contributed by atoms with E-state index in [1.165, 1.54) is 27.7 Å². The van der Waals surface area contributed by atoms with Crippen molar-refractivity contribution >= 4 is 20.0 Å². The molecule has 0 saturated carbocycles. The second kappa shape index (κ2) is 6.23. The average Bonchev–Trinajstić information content (AvgIpc) is 2.50. The molecule has 0 atom stereocenters. The highest BCUT2D eigenvalue weighted by molar-refractivity contribution is 7.89. The molecule has 6 nitrogen and oxygen atoms in total. The molecule has 0 spiro atoms. The number of hydrogen-bond acceptors (Lipinski definition) is 4. The van der Waals surface area contributed by atoms with Gasteiger partial charge in [-0.15, -0.1) is 0 Å². The number of aryl methyl sites for hydroxylation is 1. The van der Waals surface area contributed by atoms with Crippen molar-refractivity contribution in [2.45, 2.75) is 18.7 Å². The van der Waals surface area contributed by atoms with Crippen molar-refractivity contribution in [3.05, 3.63) is 29.6 Å². The second-order valence-electron chi connectivity index (χ2n) is 5.11. The average molecular weight is 350 g/mol. The maximum Gasteiger partial charge on any atom is 0.243 e. The Morgan fingerprint density at radius 3 is 2.09 bits per heavy atom. The van der Waals surface area contributed by atoms with E-state index in [0.717, 1.165) is 6.07 Å². The monoisotopic (exact) mass is 350 g/mol. The molecule has 22 heavy (non-hydrogen) atoms. The zero-order valence-electron chi connectivity index (χ0n) is 12.5. The first-order valence-electron chi connectivity index (χ1n) is 6.92. The standard InChI is InChI=1S/C13H19FN2O4S2/c1-3-21(17,18)15-6-8-16(9-7-15)22(19,20)12-4-5-13(14)11(2)10-12/h4-5,10H,3,6-9H2,1-2H3. The topological polar surface area (TPSA) is 74.8 Å². The second-order valence-corrected chi connectivity index (χ2v) is 9.31. The van der Waals surface area contributed by atoms with Gasteiger partial charge in [-0.2, -0.15) is 8.61 Å². The van der Waals surface area contributed by atoms with Crippen LogP contribution in [0.3, 0.4) is 0 Å². The smallest absolute Gasteiger partial charge is 0.212 e. The number of nitrogens with zero attached hydrogens (tertiary/aromatic N) is 2. The third-order valence-electron chi connectivity index (χ3n) is 3.72. The van der Waals surface area contributed by atoms with E-state index in [4.69, 9.17) is 0 Å². The predicted molar refractivity (Wildman–Crippen MR) is 80.9 cm³/mol. The summed E-state index contributed by atoms with van der Waals surface area (Å²) in [4.78, 5) is 0.0261. The van der Waals surface area contributed by atoms with Gasteiger partial charge in [0, 0.05) is 26.2 Å². The fourth-order valence-corrected chi connectivity index (χ4v) is 4.89. The number of piperazine rings is 1. The minimum atomic E-state index is -3.73. The van der Waals surface area contributed by atoms with Gasteiger partial charge in [0.25, 0.3) is 0 Å². The van der Waals surface area contributed by atoms with Crippen LogP contribution in [0, 0.1) is 12.7 Å². The highest BCUT2D eigenvalue weighted by Gasteiger charge is 2.32. The van der Waals surface area contributed by atoms with Crippen molar-refractivity contribution in [1.29, 1.82) is 0 Å². The molecule has 0 bridgehead atoms. The molecule has 1 aliphatic heterocycles. The summed E-state index contributed by atoms with van der Waals surface area (Å²) in [5, 5.41) is 0. The first-order valence-corrected chi connectivity index (χ1v) is 9.97. The van der Waals surface area contributed by atoms with Gasteiger partial charge < -0.3 is 0 Å². The van der Waals surface area contributed by atoms with Crippen LogP contribution < -0.4 is 0 Å². The lowest BCUT2D eigenvalue weighted by atomic mass is 10.2. The van der Waals surface area contributed by atoms with Crippen molar-refractivity contribution < 1.29 is 21.2 Å². The summed E-state index contributed by atoms with van der Waals surface area (Å²) in [5.41, 5.74) is 0.258. The molecule has 0 unspecified atom stereocenters. The van der Waals surface area contributed by atoms with Crippen molar-refractivity contribution in [3.63, 3.8) is 0 Å². The molecule has 124 valence electrons. The number of hydrogen-bond donors (Lipinski definition) is 0. The molecule has 1 heterocycles. The van der Waals surface area contributed by atoms with Crippen molar-refractivity contribution in [1.82, 2.24) is 8.61 Å². The van der Waals surface area contributed by atoms with Crippen LogP contribution in [0.15, 0.2) is 23.1 Å². The van der Waals surface area contributed by atoms with E-state index >= 15 is 0 Å². The molecule has 0 N–H and O–H groups in total. The van der Waals surface area contributed by atoms with E-state index in [2.05, 4.69) is 0 Å². The zero-order valence-corrected chi connectivity index (χ0v) is 14.1. The van der Waals surface area contributed by atoms with Gasteiger partial charge in [0.1, 0.15) is 5.82 Å². The lowest BCUT2D eigenvalue weighted by Crippen LogP contribution is -2.50. The lowest BCUT2D eigenvalue weighted by molar-refractivity contribution is 0.273. The van der Waals surface area contributed by atoms with E-state index < -0.39 is 25.9 Å². The fourth-order valence-electron chi connectivity index (χ4n) is 2.30. The quantitative estimate of drug-likeness (QED) is 0.805. The highest BCUT2D eigenvalue weighted by atomic mass is 32.2. The summed E-state index contributed by atoms with van der Waals surface area (Å²) in [7, 11) is -7.04. The molecular weight excluding hydrogens is 331 g/mol. The molecule has 0 amide bonds. The van der Waals surface area contributed by atoms with Crippen LogP contribution in [0.5, 0.6) is 0 Å².